The molecule has 4 rings (SSSR count). The van der Waals surface area contributed by atoms with Crippen LogP contribution >= 0.6 is 11.8 Å². The molecule has 1 aliphatic rings. The highest BCUT2D eigenvalue weighted by Gasteiger charge is 2.26. The van der Waals surface area contributed by atoms with Crippen LogP contribution in [-0.2, 0) is 0 Å². The Labute approximate surface area is 161 Å². The monoisotopic (exact) mass is 378 g/mol. The fourth-order valence-corrected chi connectivity index (χ4v) is 3.10. The van der Waals surface area contributed by atoms with Crippen LogP contribution in [0.1, 0.15) is 11.8 Å². The Morgan fingerprint density at radius 2 is 2.11 bits per heavy atom. The highest BCUT2D eigenvalue weighted by molar-refractivity contribution is 7.98. The molecule has 1 N–H and O–H groups in total. The van der Waals surface area contributed by atoms with E-state index in [0.717, 1.165) is 22.6 Å². The van der Waals surface area contributed by atoms with Crippen LogP contribution in [0.2, 0.25) is 0 Å². The molecule has 2 heterocycles. The molecule has 1 aromatic heterocycles. The van der Waals surface area contributed by atoms with Gasteiger partial charge in [-0.1, -0.05) is 54.7 Å². The minimum atomic E-state index is -0.439. The molecule has 0 aliphatic carbocycles. The molecule has 0 spiro atoms. The molecular formula is C20H18N4O2S. The van der Waals surface area contributed by atoms with Crippen molar-refractivity contribution in [2.24, 2.45) is 0 Å². The van der Waals surface area contributed by atoms with E-state index in [1.165, 1.54) is 11.8 Å². The van der Waals surface area contributed by atoms with Crippen molar-refractivity contribution in [2.45, 2.75) is 11.4 Å². The predicted molar refractivity (Wildman–Crippen MR) is 106 cm³/mol. The Balaban J connectivity index is 1.77. The van der Waals surface area contributed by atoms with E-state index in [9.17, 15) is 0 Å². The number of benzene rings is 2. The molecule has 0 bridgehead atoms. The minimum absolute atomic E-state index is 0.439. The average Bonchev–Trinajstić information content (AvgIpc) is 2.88. The number of fused-ring (bicyclic) bond motifs is 3. The van der Waals surface area contributed by atoms with Crippen molar-refractivity contribution >= 4 is 17.4 Å². The van der Waals surface area contributed by atoms with E-state index in [1.54, 1.807) is 6.08 Å². The molecule has 1 atom stereocenters. The summed E-state index contributed by atoms with van der Waals surface area (Å²) in [5, 5.41) is 12.5. The Bertz CT molecular complexity index is 980. The Kier molecular flexibility index (Phi) is 4.93. The second-order valence-electron chi connectivity index (χ2n) is 5.81. The Morgan fingerprint density at radius 3 is 2.96 bits per heavy atom. The second-order valence-corrected chi connectivity index (χ2v) is 6.59. The van der Waals surface area contributed by atoms with Crippen LogP contribution in [-0.4, -0.2) is 28.0 Å². The molecule has 27 heavy (non-hydrogen) atoms. The van der Waals surface area contributed by atoms with E-state index in [0.29, 0.717) is 23.3 Å². The number of nitrogens with one attached hydrogen (secondary N) is 1. The van der Waals surface area contributed by atoms with Gasteiger partial charge in [-0.3, -0.25) is 0 Å². The first-order valence-electron chi connectivity index (χ1n) is 8.43. The van der Waals surface area contributed by atoms with E-state index in [-0.39, 0.29) is 0 Å². The van der Waals surface area contributed by atoms with Gasteiger partial charge in [-0.05, 0) is 24.5 Å². The zero-order chi connectivity index (χ0) is 18.6. The van der Waals surface area contributed by atoms with Gasteiger partial charge in [0.05, 0.1) is 0 Å². The highest BCUT2D eigenvalue weighted by atomic mass is 32.2. The topological polar surface area (TPSA) is 69.2 Å². The lowest BCUT2D eigenvalue weighted by Crippen LogP contribution is -2.17. The van der Waals surface area contributed by atoms with Crippen LogP contribution in [0.15, 0.2) is 66.3 Å². The van der Waals surface area contributed by atoms with Gasteiger partial charge in [0, 0.05) is 16.8 Å². The van der Waals surface area contributed by atoms with Crippen molar-refractivity contribution < 1.29 is 9.47 Å². The van der Waals surface area contributed by atoms with Gasteiger partial charge in [0.2, 0.25) is 11.0 Å². The third-order valence-corrected chi connectivity index (χ3v) is 4.58. The second kappa shape index (κ2) is 7.67. The molecule has 0 unspecified atom stereocenters. The molecule has 2 aromatic carbocycles. The first-order valence-corrected chi connectivity index (χ1v) is 9.66. The van der Waals surface area contributed by atoms with Gasteiger partial charge in [-0.25, -0.2) is 0 Å². The van der Waals surface area contributed by atoms with Gasteiger partial charge in [0.15, 0.2) is 11.9 Å². The lowest BCUT2D eigenvalue weighted by molar-refractivity contribution is 0.224. The molecule has 0 fully saturated rings. The number of para-hydroxylation sites is 1. The molecule has 6 nitrogen and oxygen atoms in total. The van der Waals surface area contributed by atoms with E-state index in [2.05, 4.69) is 27.1 Å². The summed E-state index contributed by atoms with van der Waals surface area (Å²) in [6.45, 7) is 4.13. The van der Waals surface area contributed by atoms with Crippen LogP contribution in [0.4, 0.5) is 5.69 Å². The van der Waals surface area contributed by atoms with Crippen molar-refractivity contribution in [1.82, 2.24) is 15.2 Å². The number of hydrogen-bond acceptors (Lipinski definition) is 7. The minimum Gasteiger partial charge on any atom is -0.490 e. The van der Waals surface area contributed by atoms with E-state index in [1.807, 2.05) is 54.8 Å². The quantitative estimate of drug-likeness (QED) is 0.523. The van der Waals surface area contributed by atoms with Crippen LogP contribution in [0.3, 0.4) is 0 Å². The number of thioether (sulfide) groups is 1. The third kappa shape index (κ3) is 3.59. The molecule has 136 valence electrons. The lowest BCUT2D eigenvalue weighted by atomic mass is 10.1. The summed E-state index contributed by atoms with van der Waals surface area (Å²) in [5.74, 6) is 1.20. The molecule has 0 saturated carbocycles. The van der Waals surface area contributed by atoms with Gasteiger partial charge in [-0.2, -0.15) is 4.98 Å². The normalized spacial score (nSPS) is 14.8. The average molecular weight is 378 g/mol. The summed E-state index contributed by atoms with van der Waals surface area (Å²) in [6.07, 6.45) is 3.18. The maximum atomic E-state index is 6.21. The first-order chi connectivity index (χ1) is 13.3. The number of rotatable bonds is 5. The SMILES string of the molecule is C=CCOc1cccc([C@@H]2Nc3ccccc3-c3nnc(SC)nc3O2)c1. The van der Waals surface area contributed by atoms with Crippen molar-refractivity contribution in [3.63, 3.8) is 0 Å². The van der Waals surface area contributed by atoms with Crippen LogP contribution in [0.5, 0.6) is 11.6 Å². The van der Waals surface area contributed by atoms with Crippen LogP contribution in [0, 0.1) is 0 Å². The van der Waals surface area contributed by atoms with Crippen LogP contribution < -0.4 is 14.8 Å². The summed E-state index contributed by atoms with van der Waals surface area (Å²) in [7, 11) is 0. The standard InChI is InChI=1S/C20H18N4O2S/c1-3-11-25-14-8-6-7-13(12-14)18-21-16-10-5-4-9-15(16)17-19(26-18)22-20(27-2)24-23-17/h3-10,12,18,21H,1,11H2,2H3/t18-/m1/s1. The zero-order valence-corrected chi connectivity index (χ0v) is 15.6. The number of hydrogen-bond donors (Lipinski definition) is 1. The van der Waals surface area contributed by atoms with Crippen molar-refractivity contribution in [3.05, 3.63) is 66.7 Å². The largest absolute Gasteiger partial charge is 0.490 e. The van der Waals surface area contributed by atoms with Gasteiger partial charge in [0.1, 0.15) is 12.4 Å². The third-order valence-electron chi connectivity index (χ3n) is 4.04. The van der Waals surface area contributed by atoms with Crippen molar-refractivity contribution in [1.29, 1.82) is 0 Å². The highest BCUT2D eigenvalue weighted by Crippen LogP contribution is 2.39. The summed E-state index contributed by atoms with van der Waals surface area (Å²) in [6, 6.07) is 15.7. The molecule has 0 radical (unpaired) electrons. The summed E-state index contributed by atoms with van der Waals surface area (Å²) in [5.41, 5.74) is 3.36. The van der Waals surface area contributed by atoms with E-state index >= 15 is 0 Å². The Hall–Kier alpha value is -3.06. The zero-order valence-electron chi connectivity index (χ0n) is 14.8. The molecule has 3 aromatic rings. The number of ether oxygens (including phenoxy) is 2. The maximum Gasteiger partial charge on any atom is 0.247 e. The van der Waals surface area contributed by atoms with Gasteiger partial charge in [0.25, 0.3) is 0 Å². The van der Waals surface area contributed by atoms with Gasteiger partial charge in [-0.15, -0.1) is 10.2 Å². The van der Waals surface area contributed by atoms with Crippen molar-refractivity contribution in [3.8, 4) is 22.9 Å². The molecule has 0 amide bonds. The molecule has 1 aliphatic heterocycles. The molecule has 0 saturated heterocycles. The number of anilines is 1. The fourth-order valence-electron chi connectivity index (χ4n) is 2.81. The lowest BCUT2D eigenvalue weighted by Gasteiger charge is -2.20. The van der Waals surface area contributed by atoms with Gasteiger partial charge >= 0.3 is 0 Å². The number of nitrogens with zero attached hydrogens (tertiary/aromatic N) is 3. The summed E-state index contributed by atoms with van der Waals surface area (Å²) >= 11 is 1.42. The smallest absolute Gasteiger partial charge is 0.247 e. The van der Waals surface area contributed by atoms with Crippen molar-refractivity contribution in [2.75, 3.05) is 18.2 Å². The Morgan fingerprint density at radius 1 is 1.22 bits per heavy atom. The predicted octanol–water partition coefficient (Wildman–Crippen LogP) is 4.33. The summed E-state index contributed by atoms with van der Waals surface area (Å²) in [4.78, 5) is 4.52. The van der Waals surface area contributed by atoms with E-state index < -0.39 is 6.23 Å². The molecule has 7 heteroatoms. The fraction of sp³-hybridized carbons (Fsp3) is 0.150. The van der Waals surface area contributed by atoms with Gasteiger partial charge < -0.3 is 14.8 Å². The summed E-state index contributed by atoms with van der Waals surface area (Å²) < 4.78 is 11.9. The maximum absolute atomic E-state index is 6.21. The first kappa shape index (κ1) is 17.4. The molecular weight excluding hydrogens is 360 g/mol. The van der Waals surface area contributed by atoms with E-state index in [4.69, 9.17) is 9.47 Å². The number of aromatic nitrogens is 3. The van der Waals surface area contributed by atoms with Crippen LogP contribution in [0.25, 0.3) is 11.3 Å².